The van der Waals surface area contributed by atoms with Crippen LogP contribution in [0, 0.1) is 0 Å². The molecular formula is C6H14O6Si. The number of aliphatic hydroxyl groups excluding tert-OH is 2. The van der Waals surface area contributed by atoms with Gasteiger partial charge in [0.1, 0.15) is 6.10 Å². The van der Waals surface area contributed by atoms with Crippen LogP contribution in [0.4, 0.5) is 0 Å². The molecule has 0 aliphatic heterocycles. The van der Waals surface area contributed by atoms with Crippen molar-refractivity contribution in [3.8, 4) is 0 Å². The van der Waals surface area contributed by atoms with E-state index < -0.39 is 26.9 Å². The number of rotatable bonds is 6. The maximum atomic E-state index is 11.4. The maximum Gasteiger partial charge on any atom is 0.576 e. The molecule has 0 bridgehead atoms. The van der Waals surface area contributed by atoms with Gasteiger partial charge in [-0.05, 0) is 0 Å². The number of carbonyl (C=O) groups is 1. The molecule has 0 amide bonds. The first-order valence-electron chi connectivity index (χ1n) is 3.56. The zero-order valence-corrected chi connectivity index (χ0v) is 8.81. The van der Waals surface area contributed by atoms with Crippen LogP contribution in [0.25, 0.3) is 0 Å². The SMILES string of the molecule is CO[Si](OC)(OC)C(=O)C(O)CO. The molecule has 6 nitrogen and oxygen atoms in total. The Kier molecular flexibility index (Phi) is 5.29. The molecule has 0 aromatic carbocycles. The number of aliphatic hydroxyl groups is 2. The molecule has 0 saturated heterocycles. The molecule has 0 fully saturated rings. The molecular weight excluding hydrogens is 196 g/mol. The molecule has 1 unspecified atom stereocenters. The van der Waals surface area contributed by atoms with E-state index >= 15 is 0 Å². The van der Waals surface area contributed by atoms with Crippen LogP contribution in [0.3, 0.4) is 0 Å². The highest BCUT2D eigenvalue weighted by Gasteiger charge is 2.50. The summed E-state index contributed by atoms with van der Waals surface area (Å²) >= 11 is 0. The van der Waals surface area contributed by atoms with Crippen LogP contribution in [0.5, 0.6) is 0 Å². The fraction of sp³-hybridized carbons (Fsp3) is 0.833. The first kappa shape index (κ1) is 12.7. The summed E-state index contributed by atoms with van der Waals surface area (Å²) in [7, 11) is 0.300. The number of hydrogen-bond acceptors (Lipinski definition) is 6. The normalized spacial score (nSPS) is 14.2. The van der Waals surface area contributed by atoms with Crippen LogP contribution < -0.4 is 0 Å². The molecule has 0 spiro atoms. The van der Waals surface area contributed by atoms with E-state index in [4.69, 9.17) is 23.5 Å². The summed E-state index contributed by atoms with van der Waals surface area (Å²) in [5.41, 5.74) is 0. The lowest BCUT2D eigenvalue weighted by molar-refractivity contribution is -0.127. The summed E-state index contributed by atoms with van der Waals surface area (Å²) in [6, 6.07) is 0. The summed E-state index contributed by atoms with van der Waals surface area (Å²) in [6.45, 7) is -0.677. The van der Waals surface area contributed by atoms with Crippen molar-refractivity contribution in [1.82, 2.24) is 0 Å². The average Bonchev–Trinajstić information content (AvgIpc) is 2.20. The molecule has 0 aliphatic carbocycles. The molecule has 78 valence electrons. The van der Waals surface area contributed by atoms with Gasteiger partial charge in [0, 0.05) is 21.3 Å². The summed E-state index contributed by atoms with van der Waals surface area (Å²) < 4.78 is 14.4. The van der Waals surface area contributed by atoms with Gasteiger partial charge in [0.15, 0.2) is 0 Å². The topological polar surface area (TPSA) is 85.2 Å². The highest BCUT2D eigenvalue weighted by Crippen LogP contribution is 2.09. The van der Waals surface area contributed by atoms with Gasteiger partial charge in [-0.2, -0.15) is 0 Å². The van der Waals surface area contributed by atoms with Crippen LogP contribution in [-0.2, 0) is 18.1 Å². The third kappa shape index (κ3) is 2.56. The van der Waals surface area contributed by atoms with Gasteiger partial charge in [0.25, 0.3) is 0 Å². The predicted octanol–water partition coefficient (Wildman–Crippen LogP) is -1.67. The van der Waals surface area contributed by atoms with Gasteiger partial charge < -0.3 is 23.5 Å². The van der Waals surface area contributed by atoms with E-state index in [1.54, 1.807) is 0 Å². The monoisotopic (exact) mass is 210 g/mol. The zero-order chi connectivity index (χ0) is 10.5. The van der Waals surface area contributed by atoms with Crippen molar-refractivity contribution in [2.45, 2.75) is 6.10 Å². The minimum Gasteiger partial charge on any atom is -0.393 e. The van der Waals surface area contributed by atoms with E-state index in [0.717, 1.165) is 0 Å². The molecule has 2 N–H and O–H groups in total. The Labute approximate surface area is 77.4 Å². The van der Waals surface area contributed by atoms with Crippen LogP contribution in [0.2, 0.25) is 0 Å². The lowest BCUT2D eigenvalue weighted by Gasteiger charge is -2.23. The third-order valence-corrected chi connectivity index (χ3v) is 4.13. The fourth-order valence-corrected chi connectivity index (χ4v) is 2.44. The molecule has 0 aliphatic rings. The smallest absolute Gasteiger partial charge is 0.393 e. The Balaban J connectivity index is 4.63. The first-order valence-corrected chi connectivity index (χ1v) is 5.29. The summed E-state index contributed by atoms with van der Waals surface area (Å²) in [6.07, 6.45) is -1.52. The summed E-state index contributed by atoms with van der Waals surface area (Å²) in [5.74, 6) is 0. The quantitative estimate of drug-likeness (QED) is 0.510. The highest BCUT2D eigenvalue weighted by atomic mass is 28.4. The molecule has 0 rings (SSSR count). The summed E-state index contributed by atoms with van der Waals surface area (Å²) in [5, 5.41) is 16.8. The molecule has 13 heavy (non-hydrogen) atoms. The van der Waals surface area contributed by atoms with Gasteiger partial charge in [-0.3, -0.25) is 4.79 Å². The Morgan fingerprint density at radius 3 is 1.92 bits per heavy atom. The van der Waals surface area contributed by atoms with Gasteiger partial charge in [0.2, 0.25) is 5.41 Å². The van der Waals surface area contributed by atoms with Crippen molar-refractivity contribution < 1.29 is 28.3 Å². The van der Waals surface area contributed by atoms with Crippen molar-refractivity contribution in [3.63, 3.8) is 0 Å². The Hall–Kier alpha value is -0.313. The number of hydrogen-bond donors (Lipinski definition) is 2. The van der Waals surface area contributed by atoms with Crippen molar-refractivity contribution >= 4 is 14.2 Å². The van der Waals surface area contributed by atoms with Crippen molar-refractivity contribution in [1.29, 1.82) is 0 Å². The third-order valence-electron chi connectivity index (χ3n) is 1.58. The largest absolute Gasteiger partial charge is 0.576 e. The van der Waals surface area contributed by atoms with E-state index in [0.29, 0.717) is 0 Å². The molecule has 7 heteroatoms. The van der Waals surface area contributed by atoms with Crippen LogP contribution >= 0.6 is 0 Å². The van der Waals surface area contributed by atoms with Crippen molar-refractivity contribution in [2.24, 2.45) is 0 Å². The van der Waals surface area contributed by atoms with E-state index in [-0.39, 0.29) is 0 Å². The standard InChI is InChI=1S/C6H14O6Si/c1-10-13(11-2,12-3)6(9)5(8)4-7/h5,7-8H,4H2,1-3H3. The lowest BCUT2D eigenvalue weighted by atomic mass is 10.4. The molecule has 0 aromatic heterocycles. The Bertz CT molecular complexity index is 160. The van der Waals surface area contributed by atoms with Crippen LogP contribution in [0.1, 0.15) is 0 Å². The van der Waals surface area contributed by atoms with E-state index in [2.05, 4.69) is 0 Å². The van der Waals surface area contributed by atoms with E-state index in [1.807, 2.05) is 0 Å². The Morgan fingerprint density at radius 1 is 1.31 bits per heavy atom. The Morgan fingerprint density at radius 2 is 1.69 bits per heavy atom. The zero-order valence-electron chi connectivity index (χ0n) is 7.81. The van der Waals surface area contributed by atoms with Crippen molar-refractivity contribution in [3.05, 3.63) is 0 Å². The minimum atomic E-state index is -3.45. The van der Waals surface area contributed by atoms with Gasteiger partial charge in [0.05, 0.1) is 6.61 Å². The fourth-order valence-electron chi connectivity index (χ4n) is 0.839. The molecule has 0 heterocycles. The van der Waals surface area contributed by atoms with Gasteiger partial charge in [-0.1, -0.05) is 0 Å². The van der Waals surface area contributed by atoms with Crippen LogP contribution in [-0.4, -0.2) is 58.5 Å². The first-order chi connectivity index (χ1) is 6.07. The second-order valence-corrected chi connectivity index (χ2v) is 5.06. The minimum absolute atomic E-state index is 0.677. The number of carbonyl (C=O) groups excluding carboxylic acids is 1. The highest BCUT2D eigenvalue weighted by molar-refractivity contribution is 6.92. The van der Waals surface area contributed by atoms with E-state index in [9.17, 15) is 4.79 Å². The van der Waals surface area contributed by atoms with Gasteiger partial charge >= 0.3 is 8.80 Å². The second kappa shape index (κ2) is 5.42. The maximum absolute atomic E-state index is 11.4. The molecule has 0 aromatic rings. The van der Waals surface area contributed by atoms with Crippen molar-refractivity contribution in [2.75, 3.05) is 27.9 Å². The lowest BCUT2D eigenvalue weighted by Crippen LogP contribution is -2.56. The second-order valence-electron chi connectivity index (χ2n) is 2.23. The average molecular weight is 210 g/mol. The van der Waals surface area contributed by atoms with E-state index in [1.165, 1.54) is 21.3 Å². The van der Waals surface area contributed by atoms with Crippen LogP contribution in [0.15, 0.2) is 0 Å². The van der Waals surface area contributed by atoms with Gasteiger partial charge in [-0.25, -0.2) is 0 Å². The molecule has 0 radical (unpaired) electrons. The predicted molar refractivity (Wildman–Crippen MR) is 44.9 cm³/mol. The molecule has 1 atom stereocenters. The van der Waals surface area contributed by atoms with Gasteiger partial charge in [-0.15, -0.1) is 0 Å². The summed E-state index contributed by atoms with van der Waals surface area (Å²) in [4.78, 5) is 11.4. The molecule has 0 saturated carbocycles.